The summed E-state index contributed by atoms with van der Waals surface area (Å²) in [6, 6.07) is 51.9. The minimum absolute atomic E-state index is 0.444. The number of thiophene rings is 2. The SMILES string of the molecule is C=Cc1sc2c(N(c3ccccc3)c3ccc4ccc5c(N(C6=CC=CC(C)C6)c6cccc7c6sc6ccccc67)ccc6ccc3c4c65)cccc2c1/C=C\C. The van der Waals surface area contributed by atoms with E-state index in [-0.39, 0.29) is 0 Å². The van der Waals surface area contributed by atoms with Gasteiger partial charge in [0.25, 0.3) is 0 Å². The van der Waals surface area contributed by atoms with Crippen molar-refractivity contribution in [2.45, 2.75) is 20.3 Å². The van der Waals surface area contributed by atoms with Gasteiger partial charge in [0, 0.05) is 53.5 Å². The molecule has 11 rings (SSSR count). The number of nitrogens with zero attached hydrogens (tertiary/aromatic N) is 2. The van der Waals surface area contributed by atoms with E-state index in [2.05, 4.69) is 200 Å². The predicted octanol–water partition coefficient (Wildman–Crippen LogP) is 16.9. The number of para-hydroxylation sites is 1. The standard InChI is InChI=1S/C54H40N2S2/c1-4-14-39-41-20-12-22-47(53(41)57-49(39)5-2)55(37-16-7-6-8-17-37)45-31-27-35-26-30-44-46(32-28-36-25-29-43(45)51(35)52(36)44)56(38-18-11-15-34(3)33-38)48-23-13-21-42-40-19-9-10-24-50(40)58-54(42)48/h4-32,34H,2,33H2,1,3H3/b14-4-. The van der Waals surface area contributed by atoms with Crippen molar-refractivity contribution < 1.29 is 0 Å². The molecule has 2 heterocycles. The van der Waals surface area contributed by atoms with Crippen LogP contribution in [0.1, 0.15) is 30.7 Å². The molecule has 0 saturated heterocycles. The van der Waals surface area contributed by atoms with Gasteiger partial charge in [-0.15, -0.1) is 22.7 Å². The van der Waals surface area contributed by atoms with E-state index in [9.17, 15) is 0 Å². The molecule has 2 aromatic heterocycles. The van der Waals surface area contributed by atoms with Crippen LogP contribution in [0.4, 0.5) is 28.4 Å². The number of benzene rings is 8. The van der Waals surface area contributed by atoms with Gasteiger partial charge in [0.2, 0.25) is 0 Å². The van der Waals surface area contributed by atoms with E-state index in [1.807, 2.05) is 28.7 Å². The molecule has 0 saturated carbocycles. The van der Waals surface area contributed by atoms with E-state index in [0.717, 1.165) is 23.5 Å². The summed E-state index contributed by atoms with van der Waals surface area (Å²) >= 11 is 3.71. The number of allylic oxidation sites excluding steroid dienone is 5. The minimum atomic E-state index is 0.444. The molecular formula is C54H40N2S2. The number of rotatable bonds is 8. The lowest BCUT2D eigenvalue weighted by atomic mass is 9.91. The maximum absolute atomic E-state index is 4.20. The van der Waals surface area contributed by atoms with E-state index in [1.165, 1.54) is 90.1 Å². The molecule has 8 aromatic carbocycles. The van der Waals surface area contributed by atoms with Crippen LogP contribution in [0, 0.1) is 5.92 Å². The Morgan fingerprint density at radius 1 is 0.586 bits per heavy atom. The zero-order valence-electron chi connectivity index (χ0n) is 32.4. The molecule has 58 heavy (non-hydrogen) atoms. The molecule has 2 nitrogen and oxygen atoms in total. The van der Waals surface area contributed by atoms with Crippen molar-refractivity contribution in [2.75, 3.05) is 9.80 Å². The van der Waals surface area contributed by atoms with E-state index in [4.69, 9.17) is 0 Å². The summed E-state index contributed by atoms with van der Waals surface area (Å²) in [5.41, 5.74) is 8.43. The highest BCUT2D eigenvalue weighted by Crippen LogP contribution is 2.51. The van der Waals surface area contributed by atoms with Gasteiger partial charge < -0.3 is 9.80 Å². The highest BCUT2D eigenvalue weighted by atomic mass is 32.1. The molecule has 1 unspecified atom stereocenters. The molecule has 4 heteroatoms. The fraction of sp³-hybridized carbons (Fsp3) is 0.0741. The first-order valence-electron chi connectivity index (χ1n) is 20.1. The first-order valence-corrected chi connectivity index (χ1v) is 21.7. The van der Waals surface area contributed by atoms with Gasteiger partial charge in [-0.3, -0.25) is 0 Å². The van der Waals surface area contributed by atoms with E-state index < -0.39 is 0 Å². The highest BCUT2D eigenvalue weighted by Gasteiger charge is 2.26. The lowest BCUT2D eigenvalue weighted by Gasteiger charge is -2.32. The minimum Gasteiger partial charge on any atom is -0.312 e. The first kappa shape index (κ1) is 34.8. The fourth-order valence-electron chi connectivity index (χ4n) is 9.29. The quantitative estimate of drug-likeness (QED) is 0.142. The monoisotopic (exact) mass is 780 g/mol. The maximum atomic E-state index is 4.20. The molecule has 278 valence electrons. The Bertz CT molecular complexity index is 3320. The van der Waals surface area contributed by atoms with Crippen LogP contribution >= 0.6 is 22.7 Å². The molecule has 0 radical (unpaired) electrons. The molecule has 1 atom stereocenters. The van der Waals surface area contributed by atoms with Crippen molar-refractivity contribution in [3.8, 4) is 0 Å². The third-order valence-electron chi connectivity index (χ3n) is 11.8. The molecule has 0 N–H and O–H groups in total. The summed E-state index contributed by atoms with van der Waals surface area (Å²) in [4.78, 5) is 6.22. The zero-order valence-corrected chi connectivity index (χ0v) is 34.1. The number of hydrogen-bond donors (Lipinski definition) is 0. The molecule has 0 spiro atoms. The van der Waals surface area contributed by atoms with Crippen molar-refractivity contribution >= 4 is 126 Å². The average Bonchev–Trinajstić information content (AvgIpc) is 3.83. The Balaban J connectivity index is 1.18. The number of anilines is 5. The molecular weight excluding hydrogens is 741 g/mol. The topological polar surface area (TPSA) is 6.48 Å². The van der Waals surface area contributed by atoms with E-state index in [0.29, 0.717) is 5.92 Å². The van der Waals surface area contributed by atoms with Gasteiger partial charge in [-0.2, -0.15) is 0 Å². The molecule has 0 aliphatic heterocycles. The second-order valence-corrected chi connectivity index (χ2v) is 17.4. The van der Waals surface area contributed by atoms with Crippen molar-refractivity contribution in [1.29, 1.82) is 0 Å². The lowest BCUT2D eigenvalue weighted by molar-refractivity contribution is 0.697. The number of hydrogen-bond acceptors (Lipinski definition) is 4. The van der Waals surface area contributed by atoms with Crippen LogP contribution in [0.2, 0.25) is 0 Å². The third kappa shape index (κ3) is 5.36. The van der Waals surface area contributed by atoms with E-state index in [1.54, 1.807) is 0 Å². The van der Waals surface area contributed by atoms with Gasteiger partial charge in [0.05, 0.1) is 32.1 Å². The summed E-state index contributed by atoms with van der Waals surface area (Å²) < 4.78 is 3.88. The van der Waals surface area contributed by atoms with Crippen LogP contribution in [0.25, 0.3) is 74.7 Å². The summed E-state index contributed by atoms with van der Waals surface area (Å²) in [6.45, 7) is 8.60. The van der Waals surface area contributed by atoms with Gasteiger partial charge in [-0.1, -0.05) is 141 Å². The number of fused-ring (bicyclic) bond motifs is 4. The van der Waals surface area contributed by atoms with Gasteiger partial charge in [0.1, 0.15) is 0 Å². The summed E-state index contributed by atoms with van der Waals surface area (Å²) in [5, 5.41) is 11.4. The van der Waals surface area contributed by atoms with Crippen LogP contribution in [0.3, 0.4) is 0 Å². The Hall–Kier alpha value is -6.46. The van der Waals surface area contributed by atoms with Crippen molar-refractivity contribution in [2.24, 2.45) is 5.92 Å². The van der Waals surface area contributed by atoms with Gasteiger partial charge in [-0.05, 0) is 89.3 Å². The van der Waals surface area contributed by atoms with Crippen molar-refractivity contribution in [1.82, 2.24) is 0 Å². The Morgan fingerprint density at radius 2 is 1.21 bits per heavy atom. The third-order valence-corrected chi connectivity index (χ3v) is 14.3. The molecule has 0 bridgehead atoms. The Labute approximate surface area is 346 Å². The summed E-state index contributed by atoms with van der Waals surface area (Å²) in [7, 11) is 0. The summed E-state index contributed by atoms with van der Waals surface area (Å²) in [5.74, 6) is 0.444. The molecule has 1 aliphatic rings. The summed E-state index contributed by atoms with van der Waals surface area (Å²) in [6.07, 6.45) is 14.2. The van der Waals surface area contributed by atoms with Crippen LogP contribution in [-0.4, -0.2) is 0 Å². The Kier molecular flexibility index (Phi) is 8.32. The van der Waals surface area contributed by atoms with Crippen LogP contribution in [0.5, 0.6) is 0 Å². The molecule has 0 amide bonds. The fourth-order valence-corrected chi connectivity index (χ4v) is 11.6. The normalized spacial score (nSPS) is 14.5. The molecule has 10 aromatic rings. The van der Waals surface area contributed by atoms with Crippen LogP contribution < -0.4 is 9.80 Å². The first-order chi connectivity index (χ1) is 28.6. The maximum Gasteiger partial charge on any atom is 0.0640 e. The van der Waals surface area contributed by atoms with Crippen LogP contribution in [0.15, 0.2) is 176 Å². The lowest BCUT2D eigenvalue weighted by Crippen LogP contribution is -2.19. The van der Waals surface area contributed by atoms with Crippen LogP contribution in [-0.2, 0) is 0 Å². The average molecular weight is 781 g/mol. The molecule has 0 fully saturated rings. The van der Waals surface area contributed by atoms with Crippen molar-refractivity contribution in [3.63, 3.8) is 0 Å². The van der Waals surface area contributed by atoms with Gasteiger partial charge in [0.15, 0.2) is 0 Å². The second kappa shape index (κ2) is 13.9. The van der Waals surface area contributed by atoms with Gasteiger partial charge >= 0.3 is 0 Å². The molecule has 1 aliphatic carbocycles. The van der Waals surface area contributed by atoms with E-state index >= 15 is 0 Å². The second-order valence-electron chi connectivity index (χ2n) is 15.3. The largest absolute Gasteiger partial charge is 0.312 e. The Morgan fingerprint density at radius 3 is 1.91 bits per heavy atom. The van der Waals surface area contributed by atoms with Crippen molar-refractivity contribution in [3.05, 3.63) is 187 Å². The highest BCUT2D eigenvalue weighted by molar-refractivity contribution is 7.26. The smallest absolute Gasteiger partial charge is 0.0640 e. The predicted molar refractivity (Wildman–Crippen MR) is 257 cm³/mol. The zero-order chi connectivity index (χ0) is 38.9. The van der Waals surface area contributed by atoms with Gasteiger partial charge in [-0.25, -0.2) is 0 Å².